The summed E-state index contributed by atoms with van der Waals surface area (Å²) >= 11 is 0. The Morgan fingerprint density at radius 1 is 0.862 bits per heavy atom. The van der Waals surface area contributed by atoms with Crippen LogP contribution in [0, 0.1) is 0 Å². The molecule has 2 aliphatic heterocycles. The number of benzene rings is 2. The van der Waals surface area contributed by atoms with E-state index in [-0.39, 0.29) is 23.6 Å². The third kappa shape index (κ3) is 3.72. The number of para-hydroxylation sites is 1. The van der Waals surface area contributed by atoms with Crippen LogP contribution in [0.5, 0.6) is 0 Å². The van der Waals surface area contributed by atoms with Gasteiger partial charge in [-0.1, -0.05) is 36.4 Å². The smallest absolute Gasteiger partial charge is 0.267 e. The molecule has 8 heteroatoms. The molecule has 2 aromatic carbocycles. The van der Waals surface area contributed by atoms with Gasteiger partial charge in [0.25, 0.3) is 10.0 Å². The Hall–Kier alpha value is -2.87. The Labute approximate surface area is 170 Å². The first-order chi connectivity index (χ1) is 14.0. The molecular weight excluding hydrogens is 390 g/mol. The zero-order chi connectivity index (χ0) is 20.4. The van der Waals surface area contributed by atoms with E-state index in [2.05, 4.69) is 4.90 Å². The number of carbonyl (C=O) groups is 2. The Bertz CT molecular complexity index is 987. The average molecular weight is 413 g/mol. The Balaban J connectivity index is 1.49. The molecular formula is C21H23N3O4S. The van der Waals surface area contributed by atoms with Gasteiger partial charge >= 0.3 is 0 Å². The van der Waals surface area contributed by atoms with Crippen LogP contribution in [-0.2, 0) is 19.6 Å². The molecule has 2 heterocycles. The van der Waals surface area contributed by atoms with Gasteiger partial charge < -0.3 is 9.80 Å². The van der Waals surface area contributed by atoms with E-state index in [9.17, 15) is 18.0 Å². The topological polar surface area (TPSA) is 78.0 Å². The Kier molecular flexibility index (Phi) is 5.27. The van der Waals surface area contributed by atoms with Gasteiger partial charge in [0.15, 0.2) is 0 Å². The van der Waals surface area contributed by atoms with Crippen molar-refractivity contribution in [1.29, 1.82) is 0 Å². The fourth-order valence-electron chi connectivity index (χ4n) is 3.93. The van der Waals surface area contributed by atoms with Gasteiger partial charge in [-0.25, -0.2) is 12.7 Å². The lowest BCUT2D eigenvalue weighted by molar-refractivity contribution is -0.138. The van der Waals surface area contributed by atoms with Crippen LogP contribution in [0.1, 0.15) is 12.8 Å². The molecule has 0 aromatic heterocycles. The van der Waals surface area contributed by atoms with Crippen LogP contribution < -0.4 is 4.90 Å². The van der Waals surface area contributed by atoms with Crippen molar-refractivity contribution >= 4 is 27.5 Å². The molecule has 7 nitrogen and oxygen atoms in total. The van der Waals surface area contributed by atoms with Crippen molar-refractivity contribution < 1.29 is 18.0 Å². The highest BCUT2D eigenvalue weighted by Gasteiger charge is 2.45. The van der Waals surface area contributed by atoms with Crippen molar-refractivity contribution in [3.63, 3.8) is 0 Å². The number of anilines is 1. The van der Waals surface area contributed by atoms with E-state index < -0.39 is 22.0 Å². The second kappa shape index (κ2) is 7.87. The monoisotopic (exact) mass is 413 g/mol. The van der Waals surface area contributed by atoms with Gasteiger partial charge in [0.1, 0.15) is 6.04 Å². The largest absolute Gasteiger partial charge is 0.368 e. The van der Waals surface area contributed by atoms with Crippen LogP contribution in [0.4, 0.5) is 5.69 Å². The van der Waals surface area contributed by atoms with Crippen LogP contribution >= 0.6 is 0 Å². The molecule has 0 aliphatic carbocycles. The summed E-state index contributed by atoms with van der Waals surface area (Å²) in [5.74, 6) is -0.807. The van der Waals surface area contributed by atoms with Crippen LogP contribution in [0.15, 0.2) is 65.6 Å². The van der Waals surface area contributed by atoms with Crippen LogP contribution in [0.25, 0.3) is 0 Å². The molecule has 0 saturated carbocycles. The lowest BCUT2D eigenvalue weighted by Crippen LogP contribution is -2.55. The van der Waals surface area contributed by atoms with Crippen LogP contribution in [0.3, 0.4) is 0 Å². The second-order valence-electron chi connectivity index (χ2n) is 7.21. The molecule has 0 bridgehead atoms. The zero-order valence-corrected chi connectivity index (χ0v) is 16.8. The summed E-state index contributed by atoms with van der Waals surface area (Å²) in [4.78, 5) is 29.4. The van der Waals surface area contributed by atoms with Gasteiger partial charge in [-0.05, 0) is 30.7 Å². The van der Waals surface area contributed by atoms with E-state index in [4.69, 9.17) is 0 Å². The maximum Gasteiger partial charge on any atom is 0.267 e. The first-order valence-corrected chi connectivity index (χ1v) is 11.1. The van der Waals surface area contributed by atoms with Crippen molar-refractivity contribution in [2.24, 2.45) is 0 Å². The van der Waals surface area contributed by atoms with Gasteiger partial charge in [-0.3, -0.25) is 9.59 Å². The van der Waals surface area contributed by atoms with E-state index in [0.717, 1.165) is 9.99 Å². The van der Waals surface area contributed by atoms with Gasteiger partial charge in [0.05, 0.1) is 4.90 Å². The molecule has 2 fully saturated rings. The number of hydrogen-bond donors (Lipinski definition) is 0. The fraction of sp³-hybridized carbons (Fsp3) is 0.333. The zero-order valence-electron chi connectivity index (χ0n) is 16.0. The normalized spacial score (nSPS) is 20.2. The van der Waals surface area contributed by atoms with Gasteiger partial charge in [-0.15, -0.1) is 0 Å². The highest BCUT2D eigenvalue weighted by molar-refractivity contribution is 7.89. The molecule has 2 saturated heterocycles. The highest BCUT2D eigenvalue weighted by Crippen LogP contribution is 2.29. The second-order valence-corrected chi connectivity index (χ2v) is 9.02. The predicted molar refractivity (Wildman–Crippen MR) is 109 cm³/mol. The van der Waals surface area contributed by atoms with E-state index in [1.165, 1.54) is 12.1 Å². The van der Waals surface area contributed by atoms with E-state index in [0.29, 0.717) is 26.2 Å². The minimum absolute atomic E-state index is 0.0296. The van der Waals surface area contributed by atoms with Crippen molar-refractivity contribution in [1.82, 2.24) is 9.21 Å². The Morgan fingerprint density at radius 3 is 2.07 bits per heavy atom. The van der Waals surface area contributed by atoms with Crippen molar-refractivity contribution in [3.05, 3.63) is 60.7 Å². The maximum absolute atomic E-state index is 13.1. The van der Waals surface area contributed by atoms with Gasteiger partial charge in [0.2, 0.25) is 11.8 Å². The molecule has 2 aliphatic rings. The molecule has 2 amide bonds. The highest BCUT2D eigenvalue weighted by atomic mass is 32.2. The maximum atomic E-state index is 13.1. The molecule has 0 radical (unpaired) electrons. The van der Waals surface area contributed by atoms with Gasteiger partial charge in [0, 0.05) is 38.3 Å². The summed E-state index contributed by atoms with van der Waals surface area (Å²) in [6.45, 7) is 2.33. The average Bonchev–Trinajstić information content (AvgIpc) is 3.17. The van der Waals surface area contributed by atoms with Crippen molar-refractivity contribution in [2.45, 2.75) is 23.8 Å². The molecule has 1 unspecified atom stereocenters. The van der Waals surface area contributed by atoms with Crippen molar-refractivity contribution in [2.75, 3.05) is 31.1 Å². The summed E-state index contributed by atoms with van der Waals surface area (Å²) in [7, 11) is -4.05. The van der Waals surface area contributed by atoms with Gasteiger partial charge in [-0.2, -0.15) is 0 Å². The summed E-state index contributed by atoms with van der Waals surface area (Å²) in [6, 6.07) is 16.8. The van der Waals surface area contributed by atoms with Crippen LogP contribution in [-0.4, -0.2) is 61.7 Å². The quantitative estimate of drug-likeness (QED) is 0.763. The minimum Gasteiger partial charge on any atom is -0.368 e. The summed E-state index contributed by atoms with van der Waals surface area (Å²) in [5, 5.41) is 0. The number of rotatable bonds is 4. The number of sulfonamides is 1. The summed E-state index contributed by atoms with van der Waals surface area (Å²) in [6.07, 6.45) is 0.287. The summed E-state index contributed by atoms with van der Waals surface area (Å²) in [5.41, 5.74) is 1.10. The first-order valence-electron chi connectivity index (χ1n) is 9.69. The third-order valence-corrected chi connectivity index (χ3v) is 7.30. The molecule has 29 heavy (non-hydrogen) atoms. The van der Waals surface area contributed by atoms with E-state index in [1.807, 2.05) is 30.3 Å². The van der Waals surface area contributed by atoms with Crippen molar-refractivity contribution in [3.8, 4) is 0 Å². The molecule has 2 aromatic rings. The van der Waals surface area contributed by atoms with E-state index in [1.54, 1.807) is 23.1 Å². The lowest BCUT2D eigenvalue weighted by Gasteiger charge is -2.38. The SMILES string of the molecule is O=C(C1CCC(=O)N1S(=O)(=O)c1ccccc1)N1CCN(c2ccccc2)CC1. The standard InChI is InChI=1S/C21H23N3O4S/c25-20-12-11-19(24(20)29(27,28)18-9-5-2-6-10-18)21(26)23-15-13-22(14-16-23)17-7-3-1-4-8-17/h1-10,19H,11-16H2. The minimum atomic E-state index is -4.05. The Morgan fingerprint density at radius 2 is 1.45 bits per heavy atom. The third-order valence-electron chi connectivity index (χ3n) is 5.46. The number of nitrogens with zero attached hydrogens (tertiary/aromatic N) is 3. The molecule has 4 rings (SSSR count). The predicted octanol–water partition coefficient (Wildman–Crippen LogP) is 1.72. The molecule has 1 atom stereocenters. The number of carbonyl (C=O) groups excluding carboxylic acids is 2. The van der Waals surface area contributed by atoms with Crippen LogP contribution in [0.2, 0.25) is 0 Å². The number of piperazine rings is 1. The van der Waals surface area contributed by atoms with E-state index >= 15 is 0 Å². The molecule has 0 N–H and O–H groups in total. The number of amides is 2. The molecule has 0 spiro atoms. The fourth-order valence-corrected chi connectivity index (χ4v) is 5.55. The first kappa shape index (κ1) is 19.4. The number of hydrogen-bond acceptors (Lipinski definition) is 5. The lowest BCUT2D eigenvalue weighted by atomic mass is 10.1. The summed E-state index contributed by atoms with van der Waals surface area (Å²) < 4.78 is 26.8. The molecule has 152 valence electrons.